The number of nitrogens with one attached hydrogen (secondary N) is 1. The molecule has 108 valence electrons. The van der Waals surface area contributed by atoms with Crippen molar-refractivity contribution in [3.8, 4) is 0 Å². The quantitative estimate of drug-likeness (QED) is 0.868. The summed E-state index contributed by atoms with van der Waals surface area (Å²) in [5, 5.41) is 9.49. The van der Waals surface area contributed by atoms with Crippen molar-refractivity contribution in [3.63, 3.8) is 0 Å². The molecule has 1 aromatic heterocycles. The Labute approximate surface area is 128 Å². The van der Waals surface area contributed by atoms with E-state index in [-0.39, 0.29) is 11.5 Å². The van der Waals surface area contributed by atoms with Crippen molar-refractivity contribution in [3.05, 3.63) is 34.5 Å². The highest BCUT2D eigenvalue weighted by Crippen LogP contribution is 2.64. The largest absolute Gasteiger partial charge is 0.376 e. The van der Waals surface area contributed by atoms with E-state index >= 15 is 0 Å². The third kappa shape index (κ3) is 1.37. The van der Waals surface area contributed by atoms with Gasteiger partial charge in [0.1, 0.15) is 0 Å². The summed E-state index contributed by atoms with van der Waals surface area (Å²) in [6.45, 7) is 0. The molecule has 1 heterocycles. The van der Waals surface area contributed by atoms with E-state index in [1.807, 2.05) is 6.20 Å². The number of allylic oxidation sites excluding steroid dienone is 1. The molecule has 0 radical (unpaired) electrons. The molecular weight excluding hydrogens is 284 g/mol. The zero-order chi connectivity index (χ0) is 14.2. The van der Waals surface area contributed by atoms with E-state index in [0.29, 0.717) is 5.92 Å². The predicted molar refractivity (Wildman–Crippen MR) is 83.1 cm³/mol. The van der Waals surface area contributed by atoms with Crippen LogP contribution in [0.4, 0.5) is 0 Å². The number of methoxy groups -OCH3 is 1. The van der Waals surface area contributed by atoms with Crippen molar-refractivity contribution in [1.29, 1.82) is 0 Å². The topological polar surface area (TPSA) is 37.9 Å². The summed E-state index contributed by atoms with van der Waals surface area (Å²) in [5.41, 5.74) is 5.49. The molecule has 2 aromatic rings. The minimum Gasteiger partial charge on any atom is -0.376 e. The van der Waals surface area contributed by atoms with Crippen LogP contribution in [0.15, 0.2) is 23.4 Å². The van der Waals surface area contributed by atoms with Gasteiger partial charge >= 0.3 is 0 Å². The van der Waals surface area contributed by atoms with Crippen LogP contribution in [0.2, 0.25) is 0 Å². The van der Waals surface area contributed by atoms with Gasteiger partial charge in [0.05, 0.1) is 22.8 Å². The number of fused-ring (bicyclic) bond motifs is 5. The molecule has 3 aliphatic rings. The number of aromatic nitrogens is 2. The molecule has 3 nitrogen and oxygen atoms in total. The molecule has 0 saturated heterocycles. The molecule has 0 aliphatic heterocycles. The second kappa shape index (κ2) is 3.90. The van der Waals surface area contributed by atoms with Crippen molar-refractivity contribution in [2.75, 3.05) is 7.11 Å². The summed E-state index contributed by atoms with van der Waals surface area (Å²) in [7, 11) is 1.79. The summed E-state index contributed by atoms with van der Waals surface area (Å²) in [4.78, 5) is 0. The minimum atomic E-state index is 0.0864. The summed E-state index contributed by atoms with van der Waals surface area (Å²) < 4.78 is 5.72. The van der Waals surface area contributed by atoms with Gasteiger partial charge in [0.15, 0.2) is 0 Å². The molecule has 3 aliphatic carbocycles. The molecule has 4 heteroatoms. The third-order valence-corrected chi connectivity index (χ3v) is 6.27. The molecule has 1 saturated carbocycles. The van der Waals surface area contributed by atoms with E-state index in [2.05, 4.69) is 22.3 Å². The van der Waals surface area contributed by atoms with Crippen LogP contribution in [0.5, 0.6) is 0 Å². The van der Waals surface area contributed by atoms with Gasteiger partial charge in [0.2, 0.25) is 0 Å². The molecule has 1 aromatic carbocycles. The Morgan fingerprint density at radius 3 is 3.19 bits per heavy atom. The fraction of sp³-hybridized carbons (Fsp3) is 0.471. The first-order chi connectivity index (χ1) is 10.2. The molecule has 0 unspecified atom stereocenters. The number of hydrogen-bond acceptors (Lipinski definition) is 2. The Balaban J connectivity index is 1.82. The standard InChI is InChI=1S/C17H17ClN2O/c1-21-16-9-4-5-17(6-9)7-11-10(14(17)15(16)18)2-3-13-12(11)8-19-20-13/h2-3,8-9,16H,4-7H2,1H3,(H,19,20)/t9-,16+,17-/m0/s1. The Morgan fingerprint density at radius 1 is 1.43 bits per heavy atom. The molecule has 0 amide bonds. The van der Waals surface area contributed by atoms with Crippen LogP contribution in [0, 0.1) is 11.3 Å². The van der Waals surface area contributed by atoms with E-state index in [1.54, 1.807) is 7.11 Å². The monoisotopic (exact) mass is 300 g/mol. The lowest BCUT2D eigenvalue weighted by molar-refractivity contribution is 0.0799. The lowest BCUT2D eigenvalue weighted by Gasteiger charge is -2.35. The summed E-state index contributed by atoms with van der Waals surface area (Å²) in [5.74, 6) is 0.584. The number of rotatable bonds is 1. The smallest absolute Gasteiger partial charge is 0.0958 e. The second-order valence-corrected chi connectivity index (χ2v) is 7.17. The minimum absolute atomic E-state index is 0.0864. The summed E-state index contributed by atoms with van der Waals surface area (Å²) in [6.07, 6.45) is 6.82. The SMILES string of the molecule is CO[C@H]1C(Cl)=C2c3ccc4[nH]ncc4c3C[C@@]23CC[C@H]1C3. The zero-order valence-electron chi connectivity index (χ0n) is 11.9. The van der Waals surface area contributed by atoms with E-state index in [1.165, 1.54) is 41.3 Å². The Kier molecular flexibility index (Phi) is 2.28. The average Bonchev–Trinajstić information content (AvgIpc) is 3.15. The van der Waals surface area contributed by atoms with Crippen LogP contribution < -0.4 is 0 Å². The zero-order valence-corrected chi connectivity index (χ0v) is 12.7. The average molecular weight is 301 g/mol. The number of aromatic amines is 1. The first-order valence-corrected chi connectivity index (χ1v) is 7.99. The van der Waals surface area contributed by atoms with Crippen molar-refractivity contribution < 1.29 is 4.74 Å². The van der Waals surface area contributed by atoms with Crippen molar-refractivity contribution in [2.45, 2.75) is 31.8 Å². The lowest BCUT2D eigenvalue weighted by atomic mass is 9.74. The number of H-pyrrole nitrogens is 1. The number of halogens is 1. The molecule has 1 N–H and O–H groups in total. The highest BCUT2D eigenvalue weighted by atomic mass is 35.5. The van der Waals surface area contributed by atoms with Gasteiger partial charge in [-0.1, -0.05) is 17.7 Å². The van der Waals surface area contributed by atoms with E-state index in [0.717, 1.165) is 17.0 Å². The van der Waals surface area contributed by atoms with Crippen LogP contribution in [-0.2, 0) is 11.2 Å². The normalized spacial score (nSPS) is 33.6. The highest BCUT2D eigenvalue weighted by Gasteiger charge is 2.54. The summed E-state index contributed by atoms with van der Waals surface area (Å²) >= 11 is 6.79. The lowest BCUT2D eigenvalue weighted by Crippen LogP contribution is -2.30. The number of benzene rings is 1. The van der Waals surface area contributed by atoms with Gasteiger partial charge in [-0.3, -0.25) is 5.10 Å². The van der Waals surface area contributed by atoms with Crippen LogP contribution in [-0.4, -0.2) is 23.4 Å². The maximum atomic E-state index is 6.79. The predicted octanol–water partition coefficient (Wildman–Crippen LogP) is 3.88. The van der Waals surface area contributed by atoms with Crippen LogP contribution in [0.25, 0.3) is 16.5 Å². The van der Waals surface area contributed by atoms with Crippen LogP contribution in [0.3, 0.4) is 0 Å². The van der Waals surface area contributed by atoms with Gasteiger partial charge in [-0.2, -0.15) is 5.10 Å². The van der Waals surface area contributed by atoms with Gasteiger partial charge in [0.25, 0.3) is 0 Å². The first kappa shape index (κ1) is 12.2. The number of nitrogens with zero attached hydrogens (tertiary/aromatic N) is 1. The van der Waals surface area contributed by atoms with Gasteiger partial charge in [-0.05, 0) is 54.4 Å². The van der Waals surface area contributed by atoms with Crippen LogP contribution >= 0.6 is 11.6 Å². The molecule has 5 rings (SSSR count). The molecule has 2 bridgehead atoms. The van der Waals surface area contributed by atoms with Crippen LogP contribution in [0.1, 0.15) is 30.4 Å². The maximum Gasteiger partial charge on any atom is 0.0958 e. The second-order valence-electron chi connectivity index (χ2n) is 6.76. The molecule has 21 heavy (non-hydrogen) atoms. The fourth-order valence-corrected chi connectivity index (χ4v) is 5.62. The first-order valence-electron chi connectivity index (χ1n) is 7.62. The van der Waals surface area contributed by atoms with Crippen molar-refractivity contribution in [2.24, 2.45) is 11.3 Å². The number of ether oxygens (including phenoxy) is 1. The van der Waals surface area contributed by atoms with Gasteiger partial charge in [-0.25, -0.2) is 0 Å². The highest BCUT2D eigenvalue weighted by molar-refractivity contribution is 6.34. The van der Waals surface area contributed by atoms with Crippen molar-refractivity contribution >= 4 is 28.1 Å². The molecule has 1 fully saturated rings. The van der Waals surface area contributed by atoms with Gasteiger partial charge < -0.3 is 4.74 Å². The van der Waals surface area contributed by atoms with E-state index in [4.69, 9.17) is 16.3 Å². The van der Waals surface area contributed by atoms with Gasteiger partial charge in [0, 0.05) is 17.9 Å². The molecule has 3 atom stereocenters. The maximum absolute atomic E-state index is 6.79. The van der Waals surface area contributed by atoms with E-state index < -0.39 is 0 Å². The van der Waals surface area contributed by atoms with Crippen molar-refractivity contribution in [1.82, 2.24) is 10.2 Å². The Morgan fingerprint density at radius 2 is 2.33 bits per heavy atom. The Hall–Kier alpha value is -1.32. The van der Waals surface area contributed by atoms with Gasteiger partial charge in [-0.15, -0.1) is 0 Å². The molecular formula is C17H17ClN2O. The summed E-state index contributed by atoms with van der Waals surface area (Å²) in [6, 6.07) is 4.34. The Bertz CT molecular complexity index is 793. The number of hydrogen-bond donors (Lipinski definition) is 1. The fourth-order valence-electron chi connectivity index (χ4n) is 5.05. The van der Waals surface area contributed by atoms with E-state index in [9.17, 15) is 0 Å². The third-order valence-electron chi connectivity index (χ3n) is 5.87. The molecule has 1 spiro atoms.